The molecule has 0 unspecified atom stereocenters. The Balaban J connectivity index is 1.61. The summed E-state index contributed by atoms with van der Waals surface area (Å²) in [4.78, 5) is 25.3. The molecule has 31 heavy (non-hydrogen) atoms. The van der Waals surface area contributed by atoms with Gasteiger partial charge >= 0.3 is 0 Å². The number of amides is 1. The molecule has 0 aliphatic heterocycles. The van der Waals surface area contributed by atoms with E-state index < -0.39 is 0 Å². The molecule has 0 spiro atoms. The van der Waals surface area contributed by atoms with Gasteiger partial charge in [-0.25, -0.2) is 0 Å². The summed E-state index contributed by atoms with van der Waals surface area (Å²) in [5.74, 6) is 0.435. The lowest BCUT2D eigenvalue weighted by Crippen LogP contribution is -2.25. The highest BCUT2D eigenvalue weighted by Crippen LogP contribution is 2.23. The van der Waals surface area contributed by atoms with E-state index in [2.05, 4.69) is 15.5 Å². The Hall–Kier alpha value is -2.55. The van der Waals surface area contributed by atoms with Crippen LogP contribution in [0.5, 0.6) is 0 Å². The van der Waals surface area contributed by atoms with Gasteiger partial charge in [0, 0.05) is 23.1 Å². The van der Waals surface area contributed by atoms with E-state index in [9.17, 15) is 9.59 Å². The fourth-order valence-corrected chi connectivity index (χ4v) is 4.44. The number of benzene rings is 2. The maximum atomic E-state index is 12.9. The van der Waals surface area contributed by atoms with E-state index in [4.69, 9.17) is 23.2 Å². The van der Waals surface area contributed by atoms with Gasteiger partial charge in [0.2, 0.25) is 11.7 Å². The highest BCUT2D eigenvalue weighted by molar-refractivity contribution is 7.99. The first kappa shape index (κ1) is 21.7. The molecule has 7 nitrogen and oxygen atoms in total. The SMILES string of the molecule is CCCn1c(=O)c2cc(Cl)ccc2n2c(SCC(=O)NCc3ccccc3Cl)nnc12. The molecular weight excluding hydrogens is 457 g/mol. The van der Waals surface area contributed by atoms with Crippen LogP contribution in [0.1, 0.15) is 18.9 Å². The minimum Gasteiger partial charge on any atom is -0.351 e. The van der Waals surface area contributed by atoms with E-state index >= 15 is 0 Å². The molecule has 4 aromatic rings. The summed E-state index contributed by atoms with van der Waals surface area (Å²) in [5.41, 5.74) is 1.34. The Labute approximate surface area is 192 Å². The van der Waals surface area contributed by atoms with Gasteiger partial charge < -0.3 is 5.32 Å². The van der Waals surface area contributed by atoms with Crippen molar-refractivity contribution in [2.24, 2.45) is 0 Å². The van der Waals surface area contributed by atoms with Crippen molar-refractivity contribution in [3.8, 4) is 0 Å². The van der Waals surface area contributed by atoms with Gasteiger partial charge in [0.1, 0.15) is 0 Å². The maximum Gasteiger partial charge on any atom is 0.262 e. The number of hydrogen-bond donors (Lipinski definition) is 1. The fourth-order valence-electron chi connectivity index (χ4n) is 3.29. The number of nitrogens with zero attached hydrogens (tertiary/aromatic N) is 4. The van der Waals surface area contributed by atoms with Gasteiger partial charge in [-0.1, -0.05) is 60.1 Å². The third kappa shape index (κ3) is 4.42. The van der Waals surface area contributed by atoms with Crippen LogP contribution in [-0.4, -0.2) is 30.8 Å². The number of rotatable bonds is 7. The standard InChI is InChI=1S/C21H19Cl2N5O2S/c1-2-9-27-19(30)15-10-14(22)7-8-17(15)28-20(27)25-26-21(28)31-12-18(29)24-11-13-5-3-4-6-16(13)23/h3-8,10H,2,9,11-12H2,1H3,(H,24,29). The molecule has 0 atom stereocenters. The average molecular weight is 476 g/mol. The molecule has 1 amide bonds. The van der Waals surface area contributed by atoms with Crippen LogP contribution in [0.3, 0.4) is 0 Å². The monoisotopic (exact) mass is 475 g/mol. The lowest BCUT2D eigenvalue weighted by Gasteiger charge is -2.11. The zero-order valence-corrected chi connectivity index (χ0v) is 19.0. The molecule has 2 aromatic carbocycles. The Morgan fingerprint density at radius 1 is 1.16 bits per heavy atom. The second-order valence-corrected chi connectivity index (χ2v) is 8.68. The van der Waals surface area contributed by atoms with Gasteiger partial charge in [0.25, 0.3) is 5.56 Å². The van der Waals surface area contributed by atoms with Crippen molar-refractivity contribution >= 4 is 57.6 Å². The van der Waals surface area contributed by atoms with Gasteiger partial charge in [0.05, 0.1) is 16.7 Å². The lowest BCUT2D eigenvalue weighted by molar-refractivity contribution is -0.118. The molecule has 0 bridgehead atoms. The highest BCUT2D eigenvalue weighted by atomic mass is 35.5. The molecule has 4 rings (SSSR count). The number of fused-ring (bicyclic) bond motifs is 3. The van der Waals surface area contributed by atoms with Crippen LogP contribution in [0.15, 0.2) is 52.4 Å². The molecular formula is C21H19Cl2N5O2S. The zero-order chi connectivity index (χ0) is 22.0. The normalized spacial score (nSPS) is 11.3. The smallest absolute Gasteiger partial charge is 0.262 e. The molecule has 10 heteroatoms. The number of carbonyl (C=O) groups excluding carboxylic acids is 1. The number of nitrogens with one attached hydrogen (secondary N) is 1. The third-order valence-corrected chi connectivity index (χ3v) is 6.28. The molecule has 0 radical (unpaired) electrons. The predicted molar refractivity (Wildman–Crippen MR) is 124 cm³/mol. The van der Waals surface area contributed by atoms with Crippen LogP contribution in [-0.2, 0) is 17.9 Å². The first-order chi connectivity index (χ1) is 15.0. The van der Waals surface area contributed by atoms with Crippen molar-refractivity contribution < 1.29 is 4.79 Å². The van der Waals surface area contributed by atoms with Gasteiger partial charge in [-0.05, 0) is 36.2 Å². The van der Waals surface area contributed by atoms with Crippen LogP contribution in [0.4, 0.5) is 0 Å². The topological polar surface area (TPSA) is 81.3 Å². The predicted octanol–water partition coefficient (Wildman–Crippen LogP) is 4.17. The Morgan fingerprint density at radius 3 is 2.74 bits per heavy atom. The second-order valence-electron chi connectivity index (χ2n) is 6.89. The Bertz CT molecular complexity index is 1330. The van der Waals surface area contributed by atoms with Gasteiger partial charge in [-0.3, -0.25) is 18.6 Å². The molecule has 0 aliphatic rings. The van der Waals surface area contributed by atoms with E-state index in [0.717, 1.165) is 12.0 Å². The maximum absolute atomic E-state index is 12.9. The first-order valence-electron chi connectivity index (χ1n) is 9.69. The molecule has 0 saturated carbocycles. The van der Waals surface area contributed by atoms with Crippen molar-refractivity contribution in [1.82, 2.24) is 24.5 Å². The van der Waals surface area contributed by atoms with Crippen LogP contribution in [0.2, 0.25) is 10.0 Å². The number of aryl methyl sites for hydroxylation is 1. The summed E-state index contributed by atoms with van der Waals surface area (Å²) < 4.78 is 3.39. The molecule has 0 fully saturated rings. The number of aromatic nitrogens is 4. The lowest BCUT2D eigenvalue weighted by atomic mass is 10.2. The quantitative estimate of drug-likeness (QED) is 0.405. The summed E-state index contributed by atoms with van der Waals surface area (Å²) in [7, 11) is 0. The van der Waals surface area contributed by atoms with E-state index in [0.29, 0.717) is 45.0 Å². The van der Waals surface area contributed by atoms with Crippen molar-refractivity contribution in [1.29, 1.82) is 0 Å². The minimum absolute atomic E-state index is 0.146. The van der Waals surface area contributed by atoms with Crippen molar-refractivity contribution in [3.05, 3.63) is 68.4 Å². The number of thioether (sulfide) groups is 1. The number of halogens is 2. The second kappa shape index (κ2) is 9.30. The zero-order valence-electron chi connectivity index (χ0n) is 16.6. The van der Waals surface area contributed by atoms with Crippen LogP contribution in [0, 0.1) is 0 Å². The van der Waals surface area contributed by atoms with Crippen molar-refractivity contribution in [2.45, 2.75) is 31.6 Å². The van der Waals surface area contributed by atoms with E-state index in [-0.39, 0.29) is 17.2 Å². The molecule has 0 saturated heterocycles. The molecule has 0 aliphatic carbocycles. The highest BCUT2D eigenvalue weighted by Gasteiger charge is 2.17. The van der Waals surface area contributed by atoms with Crippen LogP contribution >= 0.6 is 35.0 Å². The van der Waals surface area contributed by atoms with E-state index in [1.807, 2.05) is 25.1 Å². The molecule has 1 N–H and O–H groups in total. The van der Waals surface area contributed by atoms with Crippen molar-refractivity contribution in [2.75, 3.05) is 5.75 Å². The Morgan fingerprint density at radius 2 is 1.97 bits per heavy atom. The molecule has 2 aromatic heterocycles. The van der Waals surface area contributed by atoms with E-state index in [1.165, 1.54) is 11.8 Å². The van der Waals surface area contributed by atoms with Gasteiger partial charge in [-0.15, -0.1) is 10.2 Å². The van der Waals surface area contributed by atoms with Gasteiger partial charge in [0.15, 0.2) is 5.16 Å². The summed E-state index contributed by atoms with van der Waals surface area (Å²) >= 11 is 13.5. The first-order valence-corrected chi connectivity index (χ1v) is 11.4. The van der Waals surface area contributed by atoms with Crippen LogP contribution < -0.4 is 10.9 Å². The van der Waals surface area contributed by atoms with Crippen LogP contribution in [0.25, 0.3) is 16.7 Å². The molecule has 160 valence electrons. The summed E-state index contributed by atoms with van der Waals surface area (Å²) in [5, 5.41) is 13.4. The fraction of sp³-hybridized carbons (Fsp3) is 0.238. The Kier molecular flexibility index (Phi) is 6.50. The van der Waals surface area contributed by atoms with Gasteiger partial charge in [-0.2, -0.15) is 0 Å². The summed E-state index contributed by atoms with van der Waals surface area (Å²) in [6.07, 6.45) is 0.765. The molecule has 2 heterocycles. The number of carbonyl (C=O) groups is 1. The van der Waals surface area contributed by atoms with E-state index in [1.54, 1.807) is 33.2 Å². The summed E-state index contributed by atoms with van der Waals surface area (Å²) in [6, 6.07) is 12.5. The van der Waals surface area contributed by atoms with Crippen molar-refractivity contribution in [3.63, 3.8) is 0 Å². The largest absolute Gasteiger partial charge is 0.351 e. The average Bonchev–Trinajstić information content (AvgIpc) is 3.18. The third-order valence-electron chi connectivity index (χ3n) is 4.75. The minimum atomic E-state index is -0.159. The summed E-state index contributed by atoms with van der Waals surface area (Å²) in [6.45, 7) is 2.84. The number of hydrogen-bond acceptors (Lipinski definition) is 5.